The summed E-state index contributed by atoms with van der Waals surface area (Å²) in [6.45, 7) is 0.751. The normalized spacial score (nSPS) is 13.1. The third-order valence-corrected chi connectivity index (χ3v) is 3.69. The van der Waals surface area contributed by atoms with Gasteiger partial charge in [0, 0.05) is 24.9 Å². The Bertz CT molecular complexity index is 769. The van der Waals surface area contributed by atoms with Crippen molar-refractivity contribution < 1.29 is 14.7 Å². The number of benzene rings is 2. The lowest BCUT2D eigenvalue weighted by atomic mass is 10.1. The van der Waals surface area contributed by atoms with Crippen molar-refractivity contribution in [3.8, 4) is 0 Å². The molecule has 5 nitrogen and oxygen atoms in total. The van der Waals surface area contributed by atoms with E-state index in [-0.39, 0.29) is 5.91 Å². The predicted octanol–water partition coefficient (Wildman–Crippen LogP) is 3.33. The van der Waals surface area contributed by atoms with Crippen LogP contribution in [0.4, 0.5) is 10.5 Å². The lowest BCUT2D eigenvalue weighted by Crippen LogP contribution is -2.22. The number of hydrogen-bond acceptors (Lipinski definition) is 2. The maximum Gasteiger partial charge on any atom is 0.407 e. The zero-order valence-electron chi connectivity index (χ0n) is 12.4. The Balaban J connectivity index is 1.65. The van der Waals surface area contributed by atoms with Gasteiger partial charge >= 0.3 is 6.09 Å². The summed E-state index contributed by atoms with van der Waals surface area (Å²) in [6, 6.07) is 15.0. The number of nitrogens with zero attached hydrogens (tertiary/aromatic N) is 1. The van der Waals surface area contributed by atoms with Crippen LogP contribution in [0.1, 0.15) is 16.7 Å². The summed E-state index contributed by atoms with van der Waals surface area (Å²) in [5.41, 5.74) is 3.52. The fourth-order valence-electron chi connectivity index (χ4n) is 2.53. The molecule has 2 aromatic rings. The van der Waals surface area contributed by atoms with E-state index < -0.39 is 6.09 Å². The van der Waals surface area contributed by atoms with Crippen molar-refractivity contribution in [1.82, 2.24) is 4.90 Å². The number of amides is 2. The van der Waals surface area contributed by atoms with Gasteiger partial charge in [-0.2, -0.15) is 0 Å². The average molecular weight is 308 g/mol. The van der Waals surface area contributed by atoms with Crippen molar-refractivity contribution in [3.05, 3.63) is 71.3 Å². The molecular formula is C18H16N2O3. The van der Waals surface area contributed by atoms with Crippen LogP contribution in [-0.4, -0.2) is 22.0 Å². The molecule has 0 fully saturated rings. The number of fused-ring (bicyclic) bond motifs is 1. The molecule has 2 N–H and O–H groups in total. The van der Waals surface area contributed by atoms with Crippen molar-refractivity contribution >= 4 is 23.8 Å². The van der Waals surface area contributed by atoms with Crippen LogP contribution in [0.5, 0.6) is 0 Å². The summed E-state index contributed by atoms with van der Waals surface area (Å²) in [7, 11) is 0. The Morgan fingerprint density at radius 3 is 2.52 bits per heavy atom. The number of carbonyl (C=O) groups excluding carboxylic acids is 1. The molecule has 1 aliphatic heterocycles. The molecule has 0 radical (unpaired) electrons. The first-order valence-electron chi connectivity index (χ1n) is 7.25. The number of anilines is 1. The number of hydrogen-bond donors (Lipinski definition) is 2. The van der Waals surface area contributed by atoms with Crippen molar-refractivity contribution in [2.45, 2.75) is 13.1 Å². The first-order valence-corrected chi connectivity index (χ1v) is 7.25. The number of carboxylic acid groups (broad SMARTS) is 1. The Morgan fingerprint density at radius 2 is 1.78 bits per heavy atom. The minimum atomic E-state index is -0.933. The Hall–Kier alpha value is -3.08. The minimum Gasteiger partial charge on any atom is -0.465 e. The van der Waals surface area contributed by atoms with Gasteiger partial charge < -0.3 is 10.4 Å². The van der Waals surface area contributed by atoms with E-state index in [4.69, 9.17) is 5.11 Å². The minimum absolute atomic E-state index is 0.220. The molecule has 0 saturated carbocycles. The van der Waals surface area contributed by atoms with Gasteiger partial charge in [-0.1, -0.05) is 36.4 Å². The molecule has 0 spiro atoms. The summed E-state index contributed by atoms with van der Waals surface area (Å²) in [5.74, 6) is -0.220. The topological polar surface area (TPSA) is 69.6 Å². The molecule has 0 atom stereocenters. The second-order valence-electron chi connectivity index (χ2n) is 5.36. The van der Waals surface area contributed by atoms with E-state index in [0.29, 0.717) is 18.8 Å². The van der Waals surface area contributed by atoms with Gasteiger partial charge in [0.2, 0.25) is 5.91 Å². The fraction of sp³-hybridized carbons (Fsp3) is 0.111. The number of nitrogens with one attached hydrogen (secondary N) is 1. The smallest absolute Gasteiger partial charge is 0.407 e. The highest BCUT2D eigenvalue weighted by molar-refractivity contribution is 6.02. The van der Waals surface area contributed by atoms with E-state index in [9.17, 15) is 9.59 Å². The molecule has 2 aromatic carbocycles. The van der Waals surface area contributed by atoms with Crippen LogP contribution >= 0.6 is 0 Å². The van der Waals surface area contributed by atoms with Gasteiger partial charge in [-0.25, -0.2) is 4.79 Å². The molecular weight excluding hydrogens is 292 g/mol. The fourth-order valence-corrected chi connectivity index (χ4v) is 2.53. The maximum atomic E-state index is 12.0. The molecule has 1 heterocycles. The predicted molar refractivity (Wildman–Crippen MR) is 87.8 cm³/mol. The summed E-state index contributed by atoms with van der Waals surface area (Å²) in [4.78, 5) is 24.3. The number of carbonyl (C=O) groups is 2. The van der Waals surface area contributed by atoms with Crippen LogP contribution in [0.25, 0.3) is 6.08 Å². The van der Waals surface area contributed by atoms with Crippen LogP contribution < -0.4 is 5.32 Å². The largest absolute Gasteiger partial charge is 0.465 e. The van der Waals surface area contributed by atoms with Crippen LogP contribution in [0.2, 0.25) is 0 Å². The standard InChI is InChI=1S/C18H16N2O3/c21-17(9-6-13-4-2-1-3-5-13)19-16-8-7-14-11-20(18(22)23)12-15(14)10-16/h1-10H,11-12H2,(H,19,21)(H,22,23)/b9-6+. The lowest BCUT2D eigenvalue weighted by Gasteiger charge is -2.08. The average Bonchev–Trinajstić information content (AvgIpc) is 2.97. The van der Waals surface area contributed by atoms with E-state index in [2.05, 4.69) is 5.32 Å². The van der Waals surface area contributed by atoms with Crippen LogP contribution in [0, 0.1) is 0 Å². The van der Waals surface area contributed by atoms with E-state index >= 15 is 0 Å². The highest BCUT2D eigenvalue weighted by Crippen LogP contribution is 2.25. The van der Waals surface area contributed by atoms with E-state index in [1.807, 2.05) is 42.5 Å². The van der Waals surface area contributed by atoms with E-state index in [1.54, 1.807) is 12.1 Å². The molecule has 0 bridgehead atoms. The van der Waals surface area contributed by atoms with Crippen molar-refractivity contribution in [1.29, 1.82) is 0 Å². The first kappa shape index (κ1) is 14.8. The van der Waals surface area contributed by atoms with Crippen molar-refractivity contribution in [2.24, 2.45) is 0 Å². The zero-order valence-corrected chi connectivity index (χ0v) is 12.4. The van der Waals surface area contributed by atoms with Crippen molar-refractivity contribution in [3.63, 3.8) is 0 Å². The molecule has 1 aliphatic rings. The Morgan fingerprint density at radius 1 is 1.04 bits per heavy atom. The van der Waals surface area contributed by atoms with Crippen LogP contribution in [-0.2, 0) is 17.9 Å². The van der Waals surface area contributed by atoms with Gasteiger partial charge in [0.15, 0.2) is 0 Å². The summed E-state index contributed by atoms with van der Waals surface area (Å²) in [5, 5.41) is 11.8. The molecule has 2 amide bonds. The first-order chi connectivity index (χ1) is 11.1. The van der Waals surface area contributed by atoms with E-state index in [0.717, 1.165) is 16.7 Å². The summed E-state index contributed by atoms with van der Waals surface area (Å²) < 4.78 is 0. The molecule has 23 heavy (non-hydrogen) atoms. The van der Waals surface area contributed by atoms with Crippen molar-refractivity contribution in [2.75, 3.05) is 5.32 Å². The molecule has 0 aromatic heterocycles. The van der Waals surface area contributed by atoms with Crippen LogP contribution in [0.15, 0.2) is 54.6 Å². The molecule has 3 rings (SSSR count). The summed E-state index contributed by atoms with van der Waals surface area (Å²) >= 11 is 0. The number of rotatable bonds is 3. The molecule has 5 heteroatoms. The van der Waals surface area contributed by atoms with Gasteiger partial charge in [0.25, 0.3) is 0 Å². The SMILES string of the molecule is O=C(/C=C/c1ccccc1)Nc1ccc2c(c1)CN(C(=O)O)C2. The van der Waals surface area contributed by atoms with Gasteiger partial charge in [-0.05, 0) is 34.9 Å². The second-order valence-corrected chi connectivity index (χ2v) is 5.36. The molecule has 116 valence electrons. The van der Waals surface area contributed by atoms with Gasteiger partial charge in [0.05, 0.1) is 0 Å². The Kier molecular flexibility index (Phi) is 4.10. The Labute approximate surface area is 133 Å². The zero-order chi connectivity index (χ0) is 16.2. The summed E-state index contributed by atoms with van der Waals surface area (Å²) in [6.07, 6.45) is 2.29. The monoisotopic (exact) mass is 308 g/mol. The van der Waals surface area contributed by atoms with E-state index in [1.165, 1.54) is 11.0 Å². The van der Waals surface area contributed by atoms with Crippen LogP contribution in [0.3, 0.4) is 0 Å². The highest BCUT2D eigenvalue weighted by atomic mass is 16.4. The third-order valence-electron chi connectivity index (χ3n) is 3.69. The maximum absolute atomic E-state index is 12.0. The van der Waals surface area contributed by atoms with Gasteiger partial charge in [0.1, 0.15) is 0 Å². The third kappa shape index (κ3) is 3.58. The quantitative estimate of drug-likeness (QED) is 0.854. The lowest BCUT2D eigenvalue weighted by molar-refractivity contribution is -0.111. The highest BCUT2D eigenvalue weighted by Gasteiger charge is 2.22. The van der Waals surface area contributed by atoms with Gasteiger partial charge in [-0.15, -0.1) is 0 Å². The second kappa shape index (κ2) is 6.36. The molecule has 0 saturated heterocycles. The van der Waals surface area contributed by atoms with Gasteiger partial charge in [-0.3, -0.25) is 9.69 Å². The molecule has 0 aliphatic carbocycles. The molecule has 0 unspecified atom stereocenters.